The Bertz CT molecular complexity index is 2210. The number of carbonyl (C=O) groups excluding carboxylic acids is 4. The number of benzene rings is 5. The minimum absolute atomic E-state index is 0.123. The number of ether oxygens (including phenoxy) is 6. The van der Waals surface area contributed by atoms with Gasteiger partial charge in [-0.3, -0.25) is 4.79 Å². The van der Waals surface area contributed by atoms with Crippen LogP contribution in [0.5, 0.6) is 23.0 Å². The Kier molecular flexibility index (Phi) is 11.6. The van der Waals surface area contributed by atoms with Gasteiger partial charge in [-0.1, -0.05) is 62.0 Å². The monoisotopic (exact) mass is 724 g/mol. The van der Waals surface area contributed by atoms with Gasteiger partial charge < -0.3 is 28.4 Å². The molecule has 0 spiro atoms. The van der Waals surface area contributed by atoms with Gasteiger partial charge in [-0.05, 0) is 77.9 Å². The molecule has 5 aromatic rings. The SMILES string of the molecule is C=CC(=O)OCOc1ccc(C(=O)Oc2ccc(OC(=O)c3ccc(OCOC(=O)CC)cc3)cc2/C=N/N=C2c3ccccc3-c3ccccc32)cc1. The summed E-state index contributed by atoms with van der Waals surface area (Å²) >= 11 is 0. The van der Waals surface area contributed by atoms with Crippen molar-refractivity contribution in [2.45, 2.75) is 13.3 Å². The average molecular weight is 725 g/mol. The Labute approximate surface area is 309 Å². The molecule has 270 valence electrons. The zero-order valence-corrected chi connectivity index (χ0v) is 28.9. The van der Waals surface area contributed by atoms with E-state index in [1.165, 1.54) is 60.8 Å². The predicted octanol–water partition coefficient (Wildman–Crippen LogP) is 7.33. The quantitative estimate of drug-likeness (QED) is 0.0279. The fraction of sp³-hybridized carbons (Fsp3) is 0.0952. The molecular weight excluding hydrogens is 692 g/mol. The van der Waals surface area contributed by atoms with Crippen LogP contribution < -0.4 is 18.9 Å². The number of esters is 4. The van der Waals surface area contributed by atoms with E-state index in [-0.39, 0.29) is 42.6 Å². The highest BCUT2D eigenvalue weighted by Gasteiger charge is 2.24. The summed E-state index contributed by atoms with van der Waals surface area (Å²) in [5.74, 6) is -1.35. The van der Waals surface area contributed by atoms with Crippen molar-refractivity contribution in [3.05, 3.63) is 156 Å². The lowest BCUT2D eigenvalue weighted by molar-refractivity contribution is -0.149. The predicted molar refractivity (Wildman–Crippen MR) is 198 cm³/mol. The molecule has 0 unspecified atom stereocenters. The van der Waals surface area contributed by atoms with Gasteiger partial charge in [0.05, 0.1) is 17.3 Å². The lowest BCUT2D eigenvalue weighted by Crippen LogP contribution is -2.12. The molecule has 0 radical (unpaired) electrons. The Morgan fingerprint density at radius 2 is 1.15 bits per heavy atom. The van der Waals surface area contributed by atoms with Gasteiger partial charge in [-0.15, -0.1) is 5.10 Å². The van der Waals surface area contributed by atoms with E-state index in [4.69, 9.17) is 28.4 Å². The first-order valence-corrected chi connectivity index (χ1v) is 16.6. The van der Waals surface area contributed by atoms with Crippen molar-refractivity contribution in [2.75, 3.05) is 13.6 Å². The van der Waals surface area contributed by atoms with Crippen molar-refractivity contribution in [1.29, 1.82) is 0 Å². The van der Waals surface area contributed by atoms with Gasteiger partial charge >= 0.3 is 23.9 Å². The molecule has 1 aliphatic carbocycles. The van der Waals surface area contributed by atoms with Crippen LogP contribution in [0, 0.1) is 0 Å². The third kappa shape index (κ3) is 8.93. The van der Waals surface area contributed by atoms with Crippen LogP contribution in [0.4, 0.5) is 0 Å². The lowest BCUT2D eigenvalue weighted by atomic mass is 10.1. The Morgan fingerprint density at radius 1 is 0.630 bits per heavy atom. The average Bonchev–Trinajstić information content (AvgIpc) is 3.52. The van der Waals surface area contributed by atoms with Crippen LogP contribution >= 0.6 is 0 Å². The van der Waals surface area contributed by atoms with Crippen LogP contribution in [-0.2, 0) is 19.1 Å². The summed E-state index contributed by atoms with van der Waals surface area (Å²) in [6.07, 6.45) is 2.66. The number of fused-ring (bicyclic) bond motifs is 3. The van der Waals surface area contributed by atoms with Crippen molar-refractivity contribution in [1.82, 2.24) is 0 Å². The summed E-state index contributed by atoms with van der Waals surface area (Å²) < 4.78 is 31.9. The highest BCUT2D eigenvalue weighted by molar-refractivity contribution is 6.24. The summed E-state index contributed by atoms with van der Waals surface area (Å²) in [4.78, 5) is 48.9. The molecule has 1 aliphatic rings. The van der Waals surface area contributed by atoms with Crippen LogP contribution in [0.3, 0.4) is 0 Å². The Morgan fingerprint density at radius 3 is 1.70 bits per heavy atom. The third-order valence-electron chi connectivity index (χ3n) is 7.91. The van der Waals surface area contributed by atoms with Gasteiger partial charge in [-0.2, -0.15) is 5.10 Å². The molecule has 0 bridgehead atoms. The molecule has 0 N–H and O–H groups in total. The molecular formula is C42H32N2O10. The van der Waals surface area contributed by atoms with Crippen molar-refractivity contribution < 1.29 is 47.6 Å². The highest BCUT2D eigenvalue weighted by atomic mass is 16.7. The van der Waals surface area contributed by atoms with Gasteiger partial charge in [0.1, 0.15) is 28.7 Å². The maximum Gasteiger partial charge on any atom is 0.343 e. The van der Waals surface area contributed by atoms with E-state index in [9.17, 15) is 19.2 Å². The van der Waals surface area contributed by atoms with E-state index >= 15 is 0 Å². The fourth-order valence-corrected chi connectivity index (χ4v) is 5.21. The number of carbonyl (C=O) groups is 4. The van der Waals surface area contributed by atoms with E-state index in [1.54, 1.807) is 19.1 Å². The van der Waals surface area contributed by atoms with E-state index in [0.717, 1.165) is 28.3 Å². The summed E-state index contributed by atoms with van der Waals surface area (Å²) in [7, 11) is 0. The van der Waals surface area contributed by atoms with Crippen LogP contribution in [0.2, 0.25) is 0 Å². The summed E-state index contributed by atoms with van der Waals surface area (Å²) in [6.45, 7) is 4.42. The van der Waals surface area contributed by atoms with Crippen LogP contribution in [0.25, 0.3) is 11.1 Å². The van der Waals surface area contributed by atoms with Crippen molar-refractivity contribution in [3.8, 4) is 34.1 Å². The number of nitrogens with zero attached hydrogens (tertiary/aromatic N) is 2. The van der Waals surface area contributed by atoms with Crippen molar-refractivity contribution in [3.63, 3.8) is 0 Å². The standard InChI is InChI=1S/C42H32N2O10/c1-3-38(45)51-25-49-30-17-13-27(14-18-30)41(47)53-32-21-22-37(54-42(48)28-15-19-31(20-16-28)50-26-52-39(46)4-2)29(23-32)24-43-44-40-35-11-7-5-9-33(35)34-10-6-8-12-36(34)40/h4-24H,2-3,25-26H2,1H3/b43-24+. The largest absolute Gasteiger partial charge is 0.457 e. The molecule has 6 rings (SSSR count). The molecule has 12 nitrogen and oxygen atoms in total. The van der Waals surface area contributed by atoms with Gasteiger partial charge in [0.25, 0.3) is 0 Å². The molecule has 5 aromatic carbocycles. The molecule has 0 aliphatic heterocycles. The van der Waals surface area contributed by atoms with Crippen molar-refractivity contribution in [2.24, 2.45) is 10.2 Å². The maximum absolute atomic E-state index is 13.2. The van der Waals surface area contributed by atoms with Crippen LogP contribution in [-0.4, -0.2) is 49.4 Å². The molecule has 0 amide bonds. The molecule has 0 atom stereocenters. The third-order valence-corrected chi connectivity index (χ3v) is 7.91. The smallest absolute Gasteiger partial charge is 0.343 e. The first-order chi connectivity index (χ1) is 26.3. The first kappa shape index (κ1) is 36.5. The van der Waals surface area contributed by atoms with Gasteiger partial charge in [0, 0.05) is 29.2 Å². The second-order valence-electron chi connectivity index (χ2n) is 11.4. The van der Waals surface area contributed by atoms with Crippen LogP contribution in [0.1, 0.15) is 50.8 Å². The zero-order valence-electron chi connectivity index (χ0n) is 28.9. The van der Waals surface area contributed by atoms with Gasteiger partial charge in [0.2, 0.25) is 13.6 Å². The van der Waals surface area contributed by atoms with E-state index in [1.807, 2.05) is 48.5 Å². The summed E-state index contributed by atoms with van der Waals surface area (Å²) in [6, 6.07) is 32.4. The normalized spacial score (nSPS) is 11.2. The summed E-state index contributed by atoms with van der Waals surface area (Å²) in [5, 5.41) is 8.94. The number of hydrogen-bond donors (Lipinski definition) is 0. The molecule has 12 heteroatoms. The molecule has 0 saturated heterocycles. The van der Waals surface area contributed by atoms with Crippen LogP contribution in [0.15, 0.2) is 138 Å². The van der Waals surface area contributed by atoms with E-state index in [2.05, 4.69) is 16.8 Å². The molecule has 0 fully saturated rings. The topological polar surface area (TPSA) is 148 Å². The second-order valence-corrected chi connectivity index (χ2v) is 11.4. The number of hydrogen-bond acceptors (Lipinski definition) is 12. The Balaban J connectivity index is 1.22. The van der Waals surface area contributed by atoms with Gasteiger partial charge in [0.15, 0.2) is 0 Å². The molecule has 54 heavy (non-hydrogen) atoms. The van der Waals surface area contributed by atoms with E-state index < -0.39 is 23.9 Å². The molecule has 0 aromatic heterocycles. The maximum atomic E-state index is 13.2. The Hall–Kier alpha value is -7.34. The minimum Gasteiger partial charge on any atom is -0.457 e. The molecule has 0 saturated carbocycles. The van der Waals surface area contributed by atoms with Crippen molar-refractivity contribution >= 4 is 35.8 Å². The first-order valence-electron chi connectivity index (χ1n) is 16.6. The second kappa shape index (κ2) is 17.2. The lowest BCUT2D eigenvalue weighted by Gasteiger charge is -2.11. The van der Waals surface area contributed by atoms with Gasteiger partial charge in [-0.25, -0.2) is 14.4 Å². The van der Waals surface area contributed by atoms with E-state index in [0.29, 0.717) is 22.8 Å². The number of rotatable bonds is 14. The highest BCUT2D eigenvalue weighted by Crippen LogP contribution is 2.36. The molecule has 0 heterocycles. The minimum atomic E-state index is -0.684. The fourth-order valence-electron chi connectivity index (χ4n) is 5.21. The summed E-state index contributed by atoms with van der Waals surface area (Å²) in [5.41, 5.74) is 5.35. The zero-order chi connectivity index (χ0) is 37.9.